The standard InChI is InChI=1S/C19H17ClFN3O/c20-17-10-13(11-22)12-23-18(17)19(25)24-8-1-2-14(7-9-24)15-3-5-16(21)6-4-15/h3-6,10,12,14H,1-2,7-9H2. The monoisotopic (exact) mass is 357 g/mol. The van der Waals surface area contributed by atoms with Crippen molar-refractivity contribution in [3.63, 3.8) is 0 Å². The van der Waals surface area contributed by atoms with Crippen LogP contribution in [0.15, 0.2) is 36.5 Å². The molecule has 1 aromatic carbocycles. The molecule has 1 unspecified atom stereocenters. The fourth-order valence-corrected chi connectivity index (χ4v) is 3.42. The smallest absolute Gasteiger partial charge is 0.273 e. The van der Waals surface area contributed by atoms with E-state index in [9.17, 15) is 9.18 Å². The predicted octanol–water partition coefficient (Wildman–Crippen LogP) is 4.16. The number of likely N-dealkylation sites (tertiary alicyclic amines) is 1. The molecule has 2 aromatic rings. The Hall–Kier alpha value is -2.45. The number of pyridine rings is 1. The molecule has 1 fully saturated rings. The summed E-state index contributed by atoms with van der Waals surface area (Å²) in [5, 5.41) is 9.06. The minimum atomic E-state index is -0.240. The third-order valence-corrected chi connectivity index (χ3v) is 4.82. The van der Waals surface area contributed by atoms with E-state index in [0.29, 0.717) is 24.6 Å². The maximum Gasteiger partial charge on any atom is 0.273 e. The van der Waals surface area contributed by atoms with Gasteiger partial charge in [-0.25, -0.2) is 9.37 Å². The van der Waals surface area contributed by atoms with E-state index in [2.05, 4.69) is 4.98 Å². The van der Waals surface area contributed by atoms with Crippen LogP contribution in [0.4, 0.5) is 4.39 Å². The van der Waals surface area contributed by atoms with Crippen LogP contribution < -0.4 is 0 Å². The summed E-state index contributed by atoms with van der Waals surface area (Å²) in [6, 6.07) is 10.00. The van der Waals surface area contributed by atoms with Gasteiger partial charge in [0.2, 0.25) is 0 Å². The second-order valence-electron chi connectivity index (χ2n) is 6.14. The third kappa shape index (κ3) is 3.97. The molecule has 0 saturated carbocycles. The van der Waals surface area contributed by atoms with E-state index in [1.165, 1.54) is 24.4 Å². The molecule has 1 aliphatic heterocycles. The molecule has 0 N–H and O–H groups in total. The molecule has 3 rings (SSSR count). The van der Waals surface area contributed by atoms with Crippen molar-refractivity contribution >= 4 is 17.5 Å². The van der Waals surface area contributed by atoms with Crippen LogP contribution in [-0.4, -0.2) is 28.9 Å². The van der Waals surface area contributed by atoms with E-state index in [1.54, 1.807) is 4.90 Å². The summed E-state index contributed by atoms with van der Waals surface area (Å²) in [6.07, 6.45) is 3.98. The first kappa shape index (κ1) is 17.4. The Morgan fingerprint density at radius 1 is 1.28 bits per heavy atom. The van der Waals surface area contributed by atoms with Crippen LogP contribution in [0.3, 0.4) is 0 Å². The Balaban J connectivity index is 1.71. The number of hydrogen-bond acceptors (Lipinski definition) is 3. The third-order valence-electron chi connectivity index (χ3n) is 4.53. The first-order valence-electron chi connectivity index (χ1n) is 8.19. The number of nitriles is 1. The van der Waals surface area contributed by atoms with E-state index in [1.807, 2.05) is 18.2 Å². The molecule has 2 heterocycles. The van der Waals surface area contributed by atoms with Crippen LogP contribution in [-0.2, 0) is 0 Å². The molecule has 128 valence electrons. The number of carbonyl (C=O) groups is 1. The molecule has 1 aromatic heterocycles. The average molecular weight is 358 g/mol. The Morgan fingerprint density at radius 3 is 2.72 bits per heavy atom. The van der Waals surface area contributed by atoms with Gasteiger partial charge in [-0.05, 0) is 48.9 Å². The highest BCUT2D eigenvalue weighted by Gasteiger charge is 2.24. The lowest BCUT2D eigenvalue weighted by atomic mass is 9.92. The van der Waals surface area contributed by atoms with Gasteiger partial charge in [-0.2, -0.15) is 5.26 Å². The summed E-state index contributed by atoms with van der Waals surface area (Å²) in [5.41, 5.74) is 1.61. The van der Waals surface area contributed by atoms with Gasteiger partial charge in [-0.3, -0.25) is 4.79 Å². The van der Waals surface area contributed by atoms with Crippen LogP contribution in [0.2, 0.25) is 5.02 Å². The van der Waals surface area contributed by atoms with E-state index >= 15 is 0 Å². The molecule has 0 radical (unpaired) electrons. The molecule has 0 bridgehead atoms. The van der Waals surface area contributed by atoms with Gasteiger partial charge in [0.25, 0.3) is 5.91 Å². The Morgan fingerprint density at radius 2 is 2.04 bits per heavy atom. The number of nitrogens with zero attached hydrogens (tertiary/aromatic N) is 3. The van der Waals surface area contributed by atoms with Crippen molar-refractivity contribution in [2.45, 2.75) is 25.2 Å². The zero-order valence-electron chi connectivity index (χ0n) is 13.6. The van der Waals surface area contributed by atoms with Crippen LogP contribution in [0, 0.1) is 17.1 Å². The number of aromatic nitrogens is 1. The normalized spacial score (nSPS) is 17.6. The van der Waals surface area contributed by atoms with Crippen molar-refractivity contribution in [1.29, 1.82) is 5.26 Å². The number of hydrogen-bond donors (Lipinski definition) is 0. The van der Waals surface area contributed by atoms with Crippen molar-refractivity contribution in [2.75, 3.05) is 13.1 Å². The van der Waals surface area contributed by atoms with Crippen molar-refractivity contribution < 1.29 is 9.18 Å². The van der Waals surface area contributed by atoms with Gasteiger partial charge < -0.3 is 4.90 Å². The molecule has 1 atom stereocenters. The minimum absolute atomic E-state index is 0.181. The lowest BCUT2D eigenvalue weighted by Crippen LogP contribution is -2.32. The van der Waals surface area contributed by atoms with E-state index in [0.717, 1.165) is 24.8 Å². The maximum atomic E-state index is 13.1. The Labute approximate surface area is 150 Å². The minimum Gasteiger partial charge on any atom is -0.337 e. The summed E-state index contributed by atoms with van der Waals surface area (Å²) in [4.78, 5) is 18.5. The number of carbonyl (C=O) groups excluding carboxylic acids is 1. The largest absolute Gasteiger partial charge is 0.337 e. The van der Waals surface area contributed by atoms with Gasteiger partial charge in [-0.1, -0.05) is 23.7 Å². The molecule has 0 spiro atoms. The molecule has 25 heavy (non-hydrogen) atoms. The van der Waals surface area contributed by atoms with Gasteiger partial charge in [-0.15, -0.1) is 0 Å². The first-order valence-corrected chi connectivity index (χ1v) is 8.56. The van der Waals surface area contributed by atoms with Crippen molar-refractivity contribution in [1.82, 2.24) is 9.88 Å². The molecule has 0 aliphatic carbocycles. The molecule has 1 amide bonds. The number of amides is 1. The van der Waals surface area contributed by atoms with Gasteiger partial charge >= 0.3 is 0 Å². The topological polar surface area (TPSA) is 57.0 Å². The first-order chi connectivity index (χ1) is 12.1. The highest BCUT2D eigenvalue weighted by atomic mass is 35.5. The summed E-state index contributed by atoms with van der Waals surface area (Å²) in [5.74, 6) is -0.146. The van der Waals surface area contributed by atoms with Crippen molar-refractivity contribution in [3.05, 3.63) is 64.2 Å². The molecule has 6 heteroatoms. The number of halogens is 2. The fraction of sp³-hybridized carbons (Fsp3) is 0.316. The maximum absolute atomic E-state index is 13.1. The highest BCUT2D eigenvalue weighted by molar-refractivity contribution is 6.33. The molecule has 1 aliphatic rings. The fourth-order valence-electron chi connectivity index (χ4n) is 3.17. The zero-order valence-corrected chi connectivity index (χ0v) is 14.3. The lowest BCUT2D eigenvalue weighted by molar-refractivity contribution is 0.0755. The molecule has 1 saturated heterocycles. The predicted molar refractivity (Wildman–Crippen MR) is 92.9 cm³/mol. The SMILES string of the molecule is N#Cc1cnc(C(=O)N2CCCC(c3ccc(F)cc3)CC2)c(Cl)c1. The Bertz CT molecular complexity index is 816. The second-order valence-corrected chi connectivity index (χ2v) is 6.55. The van der Waals surface area contributed by atoms with Crippen molar-refractivity contribution in [2.24, 2.45) is 0 Å². The average Bonchev–Trinajstić information content (AvgIpc) is 2.88. The molecule has 4 nitrogen and oxygen atoms in total. The van der Waals surface area contributed by atoms with Gasteiger partial charge in [0, 0.05) is 19.3 Å². The van der Waals surface area contributed by atoms with Crippen LogP contribution in [0.5, 0.6) is 0 Å². The van der Waals surface area contributed by atoms with Gasteiger partial charge in [0.05, 0.1) is 10.6 Å². The Kier molecular flexibility index (Phi) is 5.30. The number of rotatable bonds is 2. The summed E-state index contributed by atoms with van der Waals surface area (Å²) in [7, 11) is 0. The summed E-state index contributed by atoms with van der Waals surface area (Å²) < 4.78 is 13.1. The molecular formula is C19H17ClFN3O. The van der Waals surface area contributed by atoms with Crippen molar-refractivity contribution in [3.8, 4) is 6.07 Å². The van der Waals surface area contributed by atoms with Crippen LogP contribution in [0.25, 0.3) is 0 Å². The quantitative estimate of drug-likeness (QED) is 0.811. The van der Waals surface area contributed by atoms with E-state index in [-0.39, 0.29) is 22.4 Å². The highest BCUT2D eigenvalue weighted by Crippen LogP contribution is 2.29. The number of benzene rings is 1. The second kappa shape index (κ2) is 7.62. The van der Waals surface area contributed by atoms with Gasteiger partial charge in [0.1, 0.15) is 17.6 Å². The van der Waals surface area contributed by atoms with Gasteiger partial charge in [0.15, 0.2) is 0 Å². The summed E-state index contributed by atoms with van der Waals surface area (Å²) in [6.45, 7) is 1.23. The van der Waals surface area contributed by atoms with E-state index in [4.69, 9.17) is 16.9 Å². The zero-order chi connectivity index (χ0) is 17.8. The van der Waals surface area contributed by atoms with Crippen LogP contribution in [0.1, 0.15) is 46.8 Å². The lowest BCUT2D eigenvalue weighted by Gasteiger charge is -2.21. The van der Waals surface area contributed by atoms with Crippen LogP contribution >= 0.6 is 11.6 Å². The molecular weight excluding hydrogens is 341 g/mol. The summed E-state index contributed by atoms with van der Waals surface area (Å²) >= 11 is 6.11. The van der Waals surface area contributed by atoms with E-state index < -0.39 is 0 Å².